The van der Waals surface area contributed by atoms with Gasteiger partial charge in [-0.25, -0.2) is 0 Å². The monoisotopic (exact) mass is 256 g/mol. The van der Waals surface area contributed by atoms with Gasteiger partial charge in [0.05, 0.1) is 0 Å². The molecule has 0 bridgehead atoms. The minimum absolute atomic E-state index is 0.280. The largest absolute Gasteiger partial charge is 0.490 e. The number of ether oxygens (including phenoxy) is 1. The summed E-state index contributed by atoms with van der Waals surface area (Å²) >= 11 is 0. The molecule has 0 amide bonds. The molecule has 0 heterocycles. The van der Waals surface area contributed by atoms with Crippen LogP contribution in [0.4, 0.5) is 0 Å². The zero-order chi connectivity index (χ0) is 13.7. The molecule has 0 aliphatic heterocycles. The summed E-state index contributed by atoms with van der Waals surface area (Å²) in [6.07, 6.45) is 0.336. The molecule has 2 nitrogen and oxygen atoms in total. The van der Waals surface area contributed by atoms with E-state index in [1.54, 1.807) is 0 Å². The van der Waals surface area contributed by atoms with E-state index in [9.17, 15) is 5.11 Å². The fourth-order valence-electron chi connectivity index (χ4n) is 2.16. The molecular weight excluding hydrogens is 236 g/mol. The van der Waals surface area contributed by atoms with Gasteiger partial charge in [-0.1, -0.05) is 49.4 Å². The standard InChI is InChI=1S/C17H20O2/c1-3-14-9-5-7-11-17(14)19-12-16(18)15-10-6-4-8-13(15)2/h4-11,16,18H,3,12H2,1-2H3. The molecule has 0 aliphatic carbocycles. The molecule has 2 heteroatoms. The third kappa shape index (κ3) is 3.36. The van der Waals surface area contributed by atoms with E-state index in [0.29, 0.717) is 0 Å². The van der Waals surface area contributed by atoms with Gasteiger partial charge >= 0.3 is 0 Å². The van der Waals surface area contributed by atoms with E-state index in [0.717, 1.165) is 23.3 Å². The first kappa shape index (κ1) is 13.6. The molecule has 0 radical (unpaired) electrons. The van der Waals surface area contributed by atoms with Gasteiger partial charge in [0, 0.05) is 0 Å². The SMILES string of the molecule is CCc1ccccc1OCC(O)c1ccccc1C. The van der Waals surface area contributed by atoms with Gasteiger partial charge in [-0.05, 0) is 36.1 Å². The molecular formula is C17H20O2. The highest BCUT2D eigenvalue weighted by molar-refractivity contribution is 5.33. The van der Waals surface area contributed by atoms with Crippen molar-refractivity contribution in [2.75, 3.05) is 6.61 Å². The van der Waals surface area contributed by atoms with Gasteiger partial charge in [-0.2, -0.15) is 0 Å². The highest BCUT2D eigenvalue weighted by Gasteiger charge is 2.11. The van der Waals surface area contributed by atoms with Gasteiger partial charge in [0.2, 0.25) is 0 Å². The number of para-hydroxylation sites is 1. The molecule has 1 N–H and O–H groups in total. The van der Waals surface area contributed by atoms with Gasteiger partial charge in [0.25, 0.3) is 0 Å². The van der Waals surface area contributed by atoms with Crippen molar-refractivity contribution in [3.63, 3.8) is 0 Å². The van der Waals surface area contributed by atoms with Crippen LogP contribution in [0.3, 0.4) is 0 Å². The number of rotatable bonds is 5. The van der Waals surface area contributed by atoms with Crippen LogP contribution in [0.1, 0.15) is 29.7 Å². The average molecular weight is 256 g/mol. The lowest BCUT2D eigenvalue weighted by Crippen LogP contribution is -2.11. The summed E-state index contributed by atoms with van der Waals surface area (Å²) in [6.45, 7) is 4.38. The molecule has 0 aromatic heterocycles. The zero-order valence-corrected chi connectivity index (χ0v) is 11.5. The summed E-state index contributed by atoms with van der Waals surface area (Å²) in [5.41, 5.74) is 3.18. The highest BCUT2D eigenvalue weighted by atomic mass is 16.5. The Labute approximate surface area is 114 Å². The Morgan fingerprint density at radius 2 is 1.74 bits per heavy atom. The van der Waals surface area contributed by atoms with Gasteiger partial charge in [0.1, 0.15) is 18.5 Å². The van der Waals surface area contributed by atoms with Crippen LogP contribution in [0.5, 0.6) is 5.75 Å². The Morgan fingerprint density at radius 1 is 1.05 bits per heavy atom. The predicted octanol–water partition coefficient (Wildman–Crippen LogP) is 3.67. The number of aliphatic hydroxyl groups is 1. The molecule has 100 valence electrons. The van der Waals surface area contributed by atoms with E-state index in [4.69, 9.17) is 4.74 Å². The van der Waals surface area contributed by atoms with Crippen LogP contribution in [0.15, 0.2) is 48.5 Å². The maximum absolute atomic E-state index is 10.2. The Bertz CT molecular complexity index is 534. The first-order valence-corrected chi connectivity index (χ1v) is 6.66. The lowest BCUT2D eigenvalue weighted by molar-refractivity contribution is 0.107. The molecule has 2 aromatic carbocycles. The topological polar surface area (TPSA) is 29.5 Å². The molecule has 0 saturated heterocycles. The van der Waals surface area contributed by atoms with Gasteiger partial charge in [-0.15, -0.1) is 0 Å². The summed E-state index contributed by atoms with van der Waals surface area (Å²) in [7, 11) is 0. The van der Waals surface area contributed by atoms with Crippen molar-refractivity contribution in [3.8, 4) is 5.75 Å². The Morgan fingerprint density at radius 3 is 2.47 bits per heavy atom. The van der Waals surface area contributed by atoms with Crippen molar-refractivity contribution >= 4 is 0 Å². The van der Waals surface area contributed by atoms with Crippen molar-refractivity contribution in [3.05, 3.63) is 65.2 Å². The number of aliphatic hydroxyl groups excluding tert-OH is 1. The van der Waals surface area contributed by atoms with E-state index in [-0.39, 0.29) is 6.61 Å². The second kappa shape index (κ2) is 6.39. The zero-order valence-electron chi connectivity index (χ0n) is 11.5. The van der Waals surface area contributed by atoms with Crippen molar-refractivity contribution < 1.29 is 9.84 Å². The predicted molar refractivity (Wildman–Crippen MR) is 77.5 cm³/mol. The summed E-state index contributed by atoms with van der Waals surface area (Å²) in [5.74, 6) is 0.859. The Kier molecular flexibility index (Phi) is 4.58. The highest BCUT2D eigenvalue weighted by Crippen LogP contribution is 2.22. The first-order chi connectivity index (χ1) is 9.22. The molecule has 0 saturated carbocycles. The summed E-state index contributed by atoms with van der Waals surface area (Å²) in [4.78, 5) is 0. The molecule has 1 atom stereocenters. The maximum Gasteiger partial charge on any atom is 0.122 e. The third-order valence-electron chi connectivity index (χ3n) is 3.30. The van der Waals surface area contributed by atoms with Gasteiger partial charge < -0.3 is 9.84 Å². The van der Waals surface area contributed by atoms with Gasteiger partial charge in [-0.3, -0.25) is 0 Å². The van der Waals surface area contributed by atoms with Crippen molar-refractivity contribution in [1.29, 1.82) is 0 Å². The molecule has 2 aromatic rings. The van der Waals surface area contributed by atoms with Gasteiger partial charge in [0.15, 0.2) is 0 Å². The van der Waals surface area contributed by atoms with Crippen LogP contribution in [-0.4, -0.2) is 11.7 Å². The van der Waals surface area contributed by atoms with Crippen LogP contribution >= 0.6 is 0 Å². The Hall–Kier alpha value is -1.80. The van der Waals surface area contributed by atoms with E-state index in [2.05, 4.69) is 13.0 Å². The van der Waals surface area contributed by atoms with Crippen LogP contribution in [0, 0.1) is 6.92 Å². The maximum atomic E-state index is 10.2. The summed E-state index contributed by atoms with van der Waals surface area (Å²) < 4.78 is 5.75. The molecule has 19 heavy (non-hydrogen) atoms. The molecule has 1 unspecified atom stereocenters. The quantitative estimate of drug-likeness (QED) is 0.884. The van der Waals surface area contributed by atoms with Crippen LogP contribution < -0.4 is 4.74 Å². The minimum Gasteiger partial charge on any atom is -0.490 e. The van der Waals surface area contributed by atoms with E-state index in [1.807, 2.05) is 49.4 Å². The number of hydrogen-bond acceptors (Lipinski definition) is 2. The number of aryl methyl sites for hydroxylation is 2. The van der Waals surface area contributed by atoms with E-state index >= 15 is 0 Å². The molecule has 0 spiro atoms. The van der Waals surface area contributed by atoms with Crippen molar-refractivity contribution in [1.82, 2.24) is 0 Å². The van der Waals surface area contributed by atoms with Crippen molar-refractivity contribution in [2.24, 2.45) is 0 Å². The summed E-state index contributed by atoms with van der Waals surface area (Å²) in [5, 5.41) is 10.2. The molecule has 0 aliphatic rings. The fourth-order valence-corrected chi connectivity index (χ4v) is 2.16. The number of hydrogen-bond donors (Lipinski definition) is 1. The third-order valence-corrected chi connectivity index (χ3v) is 3.30. The second-order valence-electron chi connectivity index (χ2n) is 4.64. The molecule has 2 rings (SSSR count). The number of benzene rings is 2. The van der Waals surface area contributed by atoms with E-state index < -0.39 is 6.10 Å². The van der Waals surface area contributed by atoms with Crippen LogP contribution in [0.2, 0.25) is 0 Å². The fraction of sp³-hybridized carbons (Fsp3) is 0.294. The minimum atomic E-state index is -0.592. The lowest BCUT2D eigenvalue weighted by Gasteiger charge is -2.16. The smallest absolute Gasteiger partial charge is 0.122 e. The Balaban J connectivity index is 2.04. The molecule has 0 fully saturated rings. The van der Waals surface area contributed by atoms with Crippen LogP contribution in [0.25, 0.3) is 0 Å². The van der Waals surface area contributed by atoms with Crippen LogP contribution in [-0.2, 0) is 6.42 Å². The summed E-state index contributed by atoms with van der Waals surface area (Å²) in [6, 6.07) is 15.8. The normalized spacial score (nSPS) is 12.2. The lowest BCUT2D eigenvalue weighted by atomic mass is 10.0. The van der Waals surface area contributed by atoms with E-state index in [1.165, 1.54) is 5.56 Å². The average Bonchev–Trinajstić information content (AvgIpc) is 2.45. The first-order valence-electron chi connectivity index (χ1n) is 6.66. The second-order valence-corrected chi connectivity index (χ2v) is 4.64. The van der Waals surface area contributed by atoms with Crippen molar-refractivity contribution in [2.45, 2.75) is 26.4 Å².